The second-order valence-electron chi connectivity index (χ2n) is 4.21. The van der Waals surface area contributed by atoms with Crippen LogP contribution >= 0.6 is 0 Å². The van der Waals surface area contributed by atoms with Crippen LogP contribution in [0.4, 0.5) is 0 Å². The van der Waals surface area contributed by atoms with Gasteiger partial charge in [0.15, 0.2) is 0 Å². The van der Waals surface area contributed by atoms with Crippen LogP contribution in [-0.4, -0.2) is 23.4 Å². The lowest BCUT2D eigenvalue weighted by atomic mass is 10.1. The van der Waals surface area contributed by atoms with Crippen molar-refractivity contribution in [2.75, 3.05) is 13.2 Å². The quantitative estimate of drug-likeness (QED) is 0.647. The average Bonchev–Trinajstić information content (AvgIpc) is 2.43. The molecule has 106 valence electrons. The van der Waals surface area contributed by atoms with Crippen LogP contribution in [-0.2, 0) is 0 Å². The molecule has 1 aromatic heterocycles. The Morgan fingerprint density at radius 2 is 2.20 bits per heavy atom. The number of aliphatic hydroxyl groups is 1. The van der Waals surface area contributed by atoms with E-state index in [4.69, 9.17) is 14.3 Å². The summed E-state index contributed by atoms with van der Waals surface area (Å²) in [6.07, 6.45) is 3.62. The Kier molecular flexibility index (Phi) is 4.42. The number of hydrogen-bond donors (Lipinski definition) is 2. The molecule has 2 N–H and O–H groups in total. The summed E-state index contributed by atoms with van der Waals surface area (Å²) in [5.74, 6) is 0.261. The third-order valence-corrected chi connectivity index (χ3v) is 2.80. The number of aliphatic hydroxyl groups excluding tert-OH is 1. The third-order valence-electron chi connectivity index (χ3n) is 2.80. The zero-order chi connectivity index (χ0) is 14.5. The molecule has 5 nitrogen and oxygen atoms in total. The molecule has 1 heterocycles. The Morgan fingerprint density at radius 3 is 2.90 bits per heavy atom. The summed E-state index contributed by atoms with van der Waals surface area (Å²) in [4.78, 5) is 11.8. The Morgan fingerprint density at radius 1 is 1.40 bits per heavy atom. The fourth-order valence-corrected chi connectivity index (χ4v) is 1.90. The van der Waals surface area contributed by atoms with Gasteiger partial charge in [-0.1, -0.05) is 12.1 Å². The van der Waals surface area contributed by atoms with Gasteiger partial charge < -0.3 is 19.4 Å². The molecule has 0 saturated heterocycles. The smallest absolute Gasteiger partial charge is 0.347 e. The fraction of sp³-hybridized carbons (Fsp3) is 0.267. The second-order valence-corrected chi connectivity index (χ2v) is 4.21. The molecular formula is C15H16O5. The molecule has 5 heteroatoms. The number of fused-ring (bicyclic) bond motifs is 1. The van der Waals surface area contributed by atoms with E-state index in [0.29, 0.717) is 24.2 Å². The van der Waals surface area contributed by atoms with Crippen LogP contribution in [0.1, 0.15) is 18.9 Å². The first-order chi connectivity index (χ1) is 9.69. The molecule has 0 aliphatic heterocycles. The number of ether oxygens (including phenoxy) is 1. The highest BCUT2D eigenvalue weighted by molar-refractivity contribution is 5.91. The van der Waals surface area contributed by atoms with E-state index in [-0.39, 0.29) is 23.5 Å². The molecule has 0 spiro atoms. The standard InChI is InChI=1S/C15H16O5/c1-2-5-10-14(17)13-11(19-9-4-8-16)6-3-7-12(13)20-15(10)18/h2-3,5-7,16-17H,4,8-9H2,1H3. The summed E-state index contributed by atoms with van der Waals surface area (Å²) < 4.78 is 10.7. The first kappa shape index (κ1) is 14.1. The van der Waals surface area contributed by atoms with Crippen molar-refractivity contribution in [3.8, 4) is 11.5 Å². The van der Waals surface area contributed by atoms with E-state index < -0.39 is 5.63 Å². The normalized spacial score (nSPS) is 11.3. The van der Waals surface area contributed by atoms with Crippen LogP contribution in [0.3, 0.4) is 0 Å². The van der Waals surface area contributed by atoms with Gasteiger partial charge in [-0.25, -0.2) is 4.79 Å². The van der Waals surface area contributed by atoms with Crippen LogP contribution in [0.5, 0.6) is 11.5 Å². The molecule has 0 unspecified atom stereocenters. The van der Waals surface area contributed by atoms with Crippen molar-refractivity contribution in [3.63, 3.8) is 0 Å². The summed E-state index contributed by atoms with van der Waals surface area (Å²) in [7, 11) is 0. The molecule has 0 atom stereocenters. The Balaban J connectivity index is 2.59. The predicted octanol–water partition coefficient (Wildman–Crippen LogP) is 2.29. The molecule has 2 aromatic rings. The summed E-state index contributed by atoms with van der Waals surface area (Å²) >= 11 is 0. The molecular weight excluding hydrogens is 260 g/mol. The van der Waals surface area contributed by atoms with Crippen LogP contribution in [0, 0.1) is 0 Å². The maximum Gasteiger partial charge on any atom is 0.347 e. The van der Waals surface area contributed by atoms with Crippen molar-refractivity contribution < 1.29 is 19.4 Å². The van der Waals surface area contributed by atoms with E-state index >= 15 is 0 Å². The lowest BCUT2D eigenvalue weighted by Gasteiger charge is -2.10. The maximum atomic E-state index is 11.8. The van der Waals surface area contributed by atoms with Crippen molar-refractivity contribution in [2.45, 2.75) is 13.3 Å². The predicted molar refractivity (Wildman–Crippen MR) is 76.1 cm³/mol. The van der Waals surface area contributed by atoms with Crippen molar-refractivity contribution in [3.05, 3.63) is 40.3 Å². The van der Waals surface area contributed by atoms with Gasteiger partial charge in [-0.15, -0.1) is 0 Å². The summed E-state index contributed by atoms with van der Waals surface area (Å²) in [5, 5.41) is 19.4. The molecule has 1 aromatic carbocycles. The topological polar surface area (TPSA) is 79.9 Å². The second kappa shape index (κ2) is 6.25. The highest BCUT2D eigenvalue weighted by atomic mass is 16.5. The molecule has 20 heavy (non-hydrogen) atoms. The third kappa shape index (κ3) is 2.67. The Hall–Kier alpha value is -2.27. The maximum absolute atomic E-state index is 11.8. The van der Waals surface area contributed by atoms with E-state index in [2.05, 4.69) is 0 Å². The molecule has 0 aliphatic carbocycles. The summed E-state index contributed by atoms with van der Waals surface area (Å²) in [6, 6.07) is 4.95. The van der Waals surface area contributed by atoms with Gasteiger partial charge in [0.1, 0.15) is 28.0 Å². The number of rotatable bonds is 5. The monoisotopic (exact) mass is 276 g/mol. The van der Waals surface area contributed by atoms with Crippen molar-refractivity contribution in [1.29, 1.82) is 0 Å². The van der Waals surface area contributed by atoms with Crippen LogP contribution in [0.2, 0.25) is 0 Å². The van der Waals surface area contributed by atoms with E-state index in [1.54, 1.807) is 31.2 Å². The van der Waals surface area contributed by atoms with E-state index in [1.807, 2.05) is 0 Å². The fourth-order valence-electron chi connectivity index (χ4n) is 1.90. The molecule has 0 amide bonds. The van der Waals surface area contributed by atoms with Crippen molar-refractivity contribution in [1.82, 2.24) is 0 Å². The van der Waals surface area contributed by atoms with Crippen LogP contribution in [0.15, 0.2) is 33.5 Å². The summed E-state index contributed by atoms with van der Waals surface area (Å²) in [5.41, 5.74) is -0.235. The molecule has 0 aliphatic rings. The van der Waals surface area contributed by atoms with Crippen molar-refractivity contribution >= 4 is 17.0 Å². The van der Waals surface area contributed by atoms with Gasteiger partial charge in [-0.2, -0.15) is 0 Å². The minimum absolute atomic E-state index is 0.0235. The minimum Gasteiger partial charge on any atom is -0.506 e. The van der Waals surface area contributed by atoms with E-state index in [1.165, 1.54) is 6.08 Å². The zero-order valence-electron chi connectivity index (χ0n) is 11.1. The Bertz CT molecular complexity index is 684. The largest absolute Gasteiger partial charge is 0.506 e. The lowest BCUT2D eigenvalue weighted by Crippen LogP contribution is -2.05. The Labute approximate surface area is 115 Å². The van der Waals surface area contributed by atoms with Gasteiger partial charge in [0.05, 0.1) is 6.61 Å². The highest BCUT2D eigenvalue weighted by Gasteiger charge is 2.15. The SMILES string of the molecule is CC=Cc1c(O)c2c(OCCCO)cccc2oc1=O. The lowest BCUT2D eigenvalue weighted by molar-refractivity contribution is 0.234. The van der Waals surface area contributed by atoms with Gasteiger partial charge in [-0.3, -0.25) is 0 Å². The van der Waals surface area contributed by atoms with Crippen molar-refractivity contribution in [2.24, 2.45) is 0 Å². The molecule has 0 fully saturated rings. The first-order valence-corrected chi connectivity index (χ1v) is 6.34. The van der Waals surface area contributed by atoms with Gasteiger partial charge >= 0.3 is 5.63 Å². The number of allylic oxidation sites excluding steroid dienone is 1. The van der Waals surface area contributed by atoms with E-state index in [0.717, 1.165) is 0 Å². The highest BCUT2D eigenvalue weighted by Crippen LogP contribution is 2.34. The zero-order valence-corrected chi connectivity index (χ0v) is 11.1. The number of aromatic hydroxyl groups is 1. The van der Waals surface area contributed by atoms with E-state index in [9.17, 15) is 9.90 Å². The minimum atomic E-state index is -0.597. The van der Waals surface area contributed by atoms with Gasteiger partial charge in [-0.05, 0) is 25.1 Å². The van der Waals surface area contributed by atoms with Gasteiger partial charge in [0, 0.05) is 13.0 Å². The van der Waals surface area contributed by atoms with Crippen LogP contribution in [0.25, 0.3) is 17.0 Å². The molecule has 2 rings (SSSR count). The van der Waals surface area contributed by atoms with Gasteiger partial charge in [0.2, 0.25) is 0 Å². The summed E-state index contributed by atoms with van der Waals surface area (Å²) in [6.45, 7) is 2.08. The number of hydrogen-bond acceptors (Lipinski definition) is 5. The molecule has 0 radical (unpaired) electrons. The molecule has 0 saturated carbocycles. The average molecular weight is 276 g/mol. The number of benzene rings is 1. The molecule has 0 bridgehead atoms. The van der Waals surface area contributed by atoms with Gasteiger partial charge in [0.25, 0.3) is 0 Å². The first-order valence-electron chi connectivity index (χ1n) is 6.34. The van der Waals surface area contributed by atoms with Crippen LogP contribution < -0.4 is 10.4 Å².